The molecule has 1 saturated heterocycles. The molecule has 1 aromatic heterocycles. The van der Waals surface area contributed by atoms with Gasteiger partial charge >= 0.3 is 0 Å². The maximum Gasteiger partial charge on any atom is 0.256 e. The van der Waals surface area contributed by atoms with E-state index in [0.29, 0.717) is 30.8 Å². The number of halogens is 1. The number of amides is 1. The quantitative estimate of drug-likeness (QED) is 0.604. The molecular formula is C22H28FN5O2. The van der Waals surface area contributed by atoms with Crippen LogP contribution in [-0.2, 0) is 7.05 Å². The molecule has 0 radical (unpaired) electrons. The van der Waals surface area contributed by atoms with Gasteiger partial charge in [-0.2, -0.15) is 0 Å². The summed E-state index contributed by atoms with van der Waals surface area (Å²) in [5.74, 6) is -0.203. The summed E-state index contributed by atoms with van der Waals surface area (Å²) < 4.78 is 14.9. The Balaban J connectivity index is 1.28. The van der Waals surface area contributed by atoms with Crippen LogP contribution in [0, 0.1) is 5.82 Å². The van der Waals surface area contributed by atoms with Crippen LogP contribution in [0.4, 0.5) is 10.1 Å². The number of aryl methyl sites for hydroxylation is 1. The lowest BCUT2D eigenvalue weighted by Gasteiger charge is -2.36. The molecule has 7 nitrogen and oxygen atoms in total. The maximum absolute atomic E-state index is 13.1. The fraction of sp³-hybridized carbons (Fsp3) is 0.455. The molecule has 8 heteroatoms. The van der Waals surface area contributed by atoms with Gasteiger partial charge in [-0.3, -0.25) is 9.69 Å². The number of rotatable bonds is 5. The number of hydrogen-bond acceptors (Lipinski definition) is 5. The Morgan fingerprint density at radius 3 is 2.40 bits per heavy atom. The van der Waals surface area contributed by atoms with Crippen molar-refractivity contribution in [1.29, 1.82) is 0 Å². The SMILES string of the molecule is Cn1cc2c(c1)C(=NO)CCN(CCCN1CCN(c3ccc(F)cc3)CC1)C2=O. The van der Waals surface area contributed by atoms with Crippen LogP contribution in [0.2, 0.25) is 0 Å². The van der Waals surface area contributed by atoms with Gasteiger partial charge in [0.05, 0.1) is 11.3 Å². The molecule has 0 spiro atoms. The van der Waals surface area contributed by atoms with Crippen LogP contribution in [0.5, 0.6) is 0 Å². The van der Waals surface area contributed by atoms with Gasteiger partial charge in [-0.05, 0) is 37.2 Å². The van der Waals surface area contributed by atoms with Gasteiger partial charge in [-0.15, -0.1) is 0 Å². The molecule has 0 atom stereocenters. The second-order valence-corrected chi connectivity index (χ2v) is 8.00. The smallest absolute Gasteiger partial charge is 0.256 e. The third-order valence-corrected chi connectivity index (χ3v) is 5.99. The summed E-state index contributed by atoms with van der Waals surface area (Å²) in [6.07, 6.45) is 5.09. The van der Waals surface area contributed by atoms with Crippen molar-refractivity contribution in [2.45, 2.75) is 12.8 Å². The topological polar surface area (TPSA) is 64.3 Å². The second kappa shape index (κ2) is 8.87. The number of nitrogens with zero attached hydrogens (tertiary/aromatic N) is 5. The molecule has 1 fully saturated rings. The molecule has 0 bridgehead atoms. The van der Waals surface area contributed by atoms with Crippen LogP contribution in [0.3, 0.4) is 0 Å². The highest BCUT2D eigenvalue weighted by atomic mass is 19.1. The van der Waals surface area contributed by atoms with Crippen molar-refractivity contribution in [3.05, 3.63) is 53.6 Å². The molecule has 1 N–H and O–H groups in total. The number of hydrogen-bond donors (Lipinski definition) is 1. The molecule has 0 saturated carbocycles. The van der Waals surface area contributed by atoms with Gasteiger partial charge in [0, 0.05) is 76.4 Å². The lowest BCUT2D eigenvalue weighted by atomic mass is 10.1. The number of carbonyl (C=O) groups is 1. The van der Waals surface area contributed by atoms with Crippen molar-refractivity contribution in [1.82, 2.24) is 14.4 Å². The standard InChI is InChI=1S/C22H28FN5O2/c1-25-15-19-20(16-25)22(29)28(10-7-21(19)24-30)9-2-8-26-11-13-27(14-12-26)18-5-3-17(23)4-6-18/h3-6,15-16,30H,2,7-14H2,1H3. The molecule has 2 aromatic rings. The monoisotopic (exact) mass is 413 g/mol. The van der Waals surface area contributed by atoms with Gasteiger partial charge in [-0.25, -0.2) is 4.39 Å². The van der Waals surface area contributed by atoms with Crippen LogP contribution in [0.25, 0.3) is 0 Å². The Bertz CT molecular complexity index is 916. The molecule has 4 rings (SSSR count). The number of oxime groups is 1. The third-order valence-electron chi connectivity index (χ3n) is 5.99. The van der Waals surface area contributed by atoms with E-state index in [0.717, 1.165) is 50.4 Å². The number of aromatic nitrogens is 1. The van der Waals surface area contributed by atoms with Crippen LogP contribution in [-0.4, -0.2) is 77.0 Å². The van der Waals surface area contributed by atoms with Crippen molar-refractivity contribution >= 4 is 17.3 Å². The largest absolute Gasteiger partial charge is 0.411 e. The Morgan fingerprint density at radius 1 is 1.00 bits per heavy atom. The van der Waals surface area contributed by atoms with Gasteiger partial charge < -0.3 is 19.6 Å². The minimum Gasteiger partial charge on any atom is -0.411 e. The fourth-order valence-corrected chi connectivity index (χ4v) is 4.32. The third kappa shape index (κ3) is 4.33. The van der Waals surface area contributed by atoms with Crippen molar-refractivity contribution < 1.29 is 14.4 Å². The average Bonchev–Trinajstić information content (AvgIpc) is 3.10. The summed E-state index contributed by atoms with van der Waals surface area (Å²) in [6, 6.07) is 6.67. The van der Waals surface area contributed by atoms with E-state index < -0.39 is 0 Å². The first-order chi connectivity index (χ1) is 14.5. The number of anilines is 1. The lowest BCUT2D eigenvalue weighted by molar-refractivity contribution is 0.0755. The minimum absolute atomic E-state index is 0.00498. The molecule has 1 amide bonds. The summed E-state index contributed by atoms with van der Waals surface area (Å²) in [5, 5.41) is 12.7. The summed E-state index contributed by atoms with van der Waals surface area (Å²) in [7, 11) is 1.87. The first-order valence-electron chi connectivity index (χ1n) is 10.4. The number of fused-ring (bicyclic) bond motifs is 1. The molecule has 0 unspecified atom stereocenters. The summed E-state index contributed by atoms with van der Waals surface area (Å²) in [5.41, 5.74) is 2.96. The molecule has 3 heterocycles. The summed E-state index contributed by atoms with van der Waals surface area (Å²) in [6.45, 7) is 5.92. The van der Waals surface area contributed by atoms with E-state index in [-0.39, 0.29) is 11.7 Å². The van der Waals surface area contributed by atoms with Crippen LogP contribution in [0.15, 0.2) is 41.8 Å². The highest BCUT2D eigenvalue weighted by Gasteiger charge is 2.27. The van der Waals surface area contributed by atoms with E-state index in [1.807, 2.05) is 34.8 Å². The highest BCUT2D eigenvalue weighted by Crippen LogP contribution is 2.21. The Labute approximate surface area is 176 Å². The molecule has 30 heavy (non-hydrogen) atoms. The van der Waals surface area contributed by atoms with Crippen LogP contribution >= 0.6 is 0 Å². The maximum atomic E-state index is 13.1. The second-order valence-electron chi connectivity index (χ2n) is 8.00. The number of carbonyl (C=O) groups excluding carboxylic acids is 1. The number of benzene rings is 1. The molecule has 160 valence electrons. The van der Waals surface area contributed by atoms with Gasteiger partial charge in [-0.1, -0.05) is 5.16 Å². The molecule has 0 aliphatic carbocycles. The van der Waals surface area contributed by atoms with Crippen LogP contribution in [0.1, 0.15) is 28.8 Å². The molecular weight excluding hydrogens is 385 g/mol. The van der Waals surface area contributed by atoms with E-state index in [1.54, 1.807) is 6.20 Å². The normalized spacial score (nSPS) is 19.3. The van der Waals surface area contributed by atoms with Crippen molar-refractivity contribution in [3.63, 3.8) is 0 Å². The first-order valence-corrected chi connectivity index (χ1v) is 10.4. The number of piperazine rings is 1. The predicted molar refractivity (Wildman–Crippen MR) is 114 cm³/mol. The van der Waals surface area contributed by atoms with E-state index in [2.05, 4.69) is 15.0 Å². The fourth-order valence-electron chi connectivity index (χ4n) is 4.32. The van der Waals surface area contributed by atoms with Crippen LogP contribution < -0.4 is 4.90 Å². The van der Waals surface area contributed by atoms with E-state index in [4.69, 9.17) is 0 Å². The zero-order valence-corrected chi connectivity index (χ0v) is 17.3. The van der Waals surface area contributed by atoms with Gasteiger partial charge in [0.25, 0.3) is 5.91 Å². The van der Waals surface area contributed by atoms with Crippen molar-refractivity contribution in [2.75, 3.05) is 50.7 Å². The zero-order valence-electron chi connectivity index (χ0n) is 17.3. The average molecular weight is 413 g/mol. The molecule has 2 aliphatic rings. The Hall–Kier alpha value is -2.87. The van der Waals surface area contributed by atoms with E-state index >= 15 is 0 Å². The van der Waals surface area contributed by atoms with Gasteiger partial charge in [0.1, 0.15) is 5.82 Å². The van der Waals surface area contributed by atoms with Gasteiger partial charge in [0.15, 0.2) is 0 Å². The van der Waals surface area contributed by atoms with E-state index in [1.165, 1.54) is 12.1 Å². The summed E-state index contributed by atoms with van der Waals surface area (Å²) in [4.78, 5) is 19.5. The molecule has 2 aliphatic heterocycles. The first kappa shape index (κ1) is 20.4. The minimum atomic E-state index is -0.208. The summed E-state index contributed by atoms with van der Waals surface area (Å²) >= 11 is 0. The predicted octanol–water partition coefficient (Wildman–Crippen LogP) is 2.40. The van der Waals surface area contributed by atoms with E-state index in [9.17, 15) is 14.4 Å². The zero-order chi connectivity index (χ0) is 21.1. The molecule has 1 aromatic carbocycles. The Morgan fingerprint density at radius 2 is 1.70 bits per heavy atom. The van der Waals surface area contributed by atoms with Gasteiger partial charge in [0.2, 0.25) is 0 Å². The Kier molecular flexibility index (Phi) is 6.03. The van der Waals surface area contributed by atoms with Crippen molar-refractivity contribution in [3.8, 4) is 0 Å². The lowest BCUT2D eigenvalue weighted by Crippen LogP contribution is -2.47. The van der Waals surface area contributed by atoms with Crippen molar-refractivity contribution in [2.24, 2.45) is 12.2 Å². The highest BCUT2D eigenvalue weighted by molar-refractivity contribution is 6.11.